The van der Waals surface area contributed by atoms with E-state index in [1.807, 2.05) is 60.4 Å². The molecule has 1 saturated carbocycles. The Morgan fingerprint density at radius 1 is 1.12 bits per heavy atom. The Hall–Kier alpha value is -3.61. The van der Waals surface area contributed by atoms with Gasteiger partial charge in [-0.1, -0.05) is 35.5 Å². The van der Waals surface area contributed by atoms with Gasteiger partial charge in [-0.2, -0.15) is 0 Å². The van der Waals surface area contributed by atoms with E-state index in [-0.39, 0.29) is 11.9 Å². The van der Waals surface area contributed by atoms with Gasteiger partial charge in [-0.15, -0.1) is 0 Å². The van der Waals surface area contributed by atoms with Crippen LogP contribution in [0.4, 0.5) is 0 Å². The average Bonchev–Trinajstić information content (AvgIpc) is 3.24. The number of carbonyl (C=O) groups excluding carboxylic acids is 2. The summed E-state index contributed by atoms with van der Waals surface area (Å²) in [5.74, 6) is 1.29. The zero-order valence-corrected chi connectivity index (χ0v) is 18.4. The second-order valence-electron chi connectivity index (χ2n) is 9.23. The van der Waals surface area contributed by atoms with Crippen LogP contribution in [0.3, 0.4) is 0 Å². The Balaban J connectivity index is 1.16. The first-order chi connectivity index (χ1) is 16.0. The highest BCUT2D eigenvalue weighted by Gasteiger charge is 2.57. The molecule has 1 spiro atoms. The molecular formula is C26H24N2O5. The third kappa shape index (κ3) is 3.22. The van der Waals surface area contributed by atoms with Gasteiger partial charge < -0.3 is 18.9 Å². The molecule has 168 valence electrons. The maximum Gasteiger partial charge on any atom is 0.339 e. The van der Waals surface area contributed by atoms with Gasteiger partial charge in [0, 0.05) is 24.6 Å². The Labute approximate surface area is 191 Å². The fourth-order valence-electron chi connectivity index (χ4n) is 5.17. The van der Waals surface area contributed by atoms with Crippen molar-refractivity contribution >= 4 is 11.9 Å². The molecule has 1 aliphatic carbocycles. The third-order valence-electron chi connectivity index (χ3n) is 7.07. The average molecular weight is 444 g/mol. The lowest BCUT2D eigenvalue weighted by Crippen LogP contribution is -2.40. The number of amides is 1. The number of benzene rings is 2. The van der Waals surface area contributed by atoms with E-state index < -0.39 is 11.0 Å². The van der Waals surface area contributed by atoms with Crippen molar-refractivity contribution in [1.29, 1.82) is 0 Å². The predicted molar refractivity (Wildman–Crippen MR) is 118 cm³/mol. The summed E-state index contributed by atoms with van der Waals surface area (Å²) in [6, 6.07) is 17.1. The molecule has 0 N–H and O–H groups in total. The molecule has 1 amide bonds. The molecule has 1 saturated heterocycles. The molecule has 2 aliphatic heterocycles. The Morgan fingerprint density at radius 3 is 2.64 bits per heavy atom. The number of aryl methyl sites for hydroxylation is 1. The van der Waals surface area contributed by atoms with Crippen molar-refractivity contribution in [2.75, 3.05) is 13.1 Å². The van der Waals surface area contributed by atoms with E-state index in [0.717, 1.165) is 41.2 Å². The quantitative estimate of drug-likeness (QED) is 0.556. The van der Waals surface area contributed by atoms with Crippen LogP contribution < -0.4 is 4.74 Å². The van der Waals surface area contributed by atoms with Crippen molar-refractivity contribution in [2.24, 2.45) is 0 Å². The molecule has 7 heteroatoms. The summed E-state index contributed by atoms with van der Waals surface area (Å²) >= 11 is 0. The first kappa shape index (κ1) is 20.0. The topological polar surface area (TPSA) is 81.9 Å². The number of fused-ring (bicyclic) bond motifs is 2. The van der Waals surface area contributed by atoms with E-state index >= 15 is 0 Å². The number of rotatable bonds is 5. The number of likely N-dealkylation sites (tertiary alicyclic amines) is 1. The van der Waals surface area contributed by atoms with E-state index in [2.05, 4.69) is 5.16 Å². The number of ether oxygens (including phenoxy) is 2. The Morgan fingerprint density at radius 2 is 1.91 bits per heavy atom. The molecule has 0 unspecified atom stereocenters. The molecule has 3 heterocycles. The van der Waals surface area contributed by atoms with Crippen LogP contribution in [0.5, 0.6) is 5.75 Å². The molecule has 2 aromatic carbocycles. The molecule has 6 rings (SSSR count). The van der Waals surface area contributed by atoms with Crippen molar-refractivity contribution in [3.63, 3.8) is 0 Å². The van der Waals surface area contributed by atoms with Gasteiger partial charge in [-0.3, -0.25) is 4.79 Å². The van der Waals surface area contributed by atoms with Crippen LogP contribution in [-0.2, 0) is 27.2 Å². The van der Waals surface area contributed by atoms with Gasteiger partial charge >= 0.3 is 5.97 Å². The second kappa shape index (κ2) is 7.20. The molecule has 2 fully saturated rings. The lowest BCUT2D eigenvalue weighted by Gasteiger charge is -2.27. The van der Waals surface area contributed by atoms with Gasteiger partial charge in [0.25, 0.3) is 0 Å². The Kier molecular flexibility index (Phi) is 4.37. The van der Waals surface area contributed by atoms with Gasteiger partial charge in [0.05, 0.1) is 17.5 Å². The predicted octanol–water partition coefficient (Wildman–Crippen LogP) is 3.89. The summed E-state index contributed by atoms with van der Waals surface area (Å²) in [6.45, 7) is 3.17. The summed E-state index contributed by atoms with van der Waals surface area (Å²) in [5, 5.41) is 3.93. The van der Waals surface area contributed by atoms with Crippen molar-refractivity contribution in [3.8, 4) is 5.75 Å². The molecule has 3 aromatic rings. The van der Waals surface area contributed by atoms with E-state index in [1.165, 1.54) is 0 Å². The summed E-state index contributed by atoms with van der Waals surface area (Å²) in [5.41, 5.74) is 2.05. The van der Waals surface area contributed by atoms with Crippen LogP contribution in [0, 0.1) is 6.92 Å². The minimum absolute atomic E-state index is 0.117. The van der Waals surface area contributed by atoms with Gasteiger partial charge in [0.1, 0.15) is 23.8 Å². The second-order valence-corrected chi connectivity index (χ2v) is 9.23. The summed E-state index contributed by atoms with van der Waals surface area (Å²) in [4.78, 5) is 27.8. The fraction of sp³-hybridized carbons (Fsp3) is 0.346. The first-order valence-corrected chi connectivity index (χ1v) is 11.3. The number of aromatic nitrogens is 1. The molecule has 0 radical (unpaired) electrons. The maximum atomic E-state index is 13.6. The van der Waals surface area contributed by atoms with Gasteiger partial charge in [0.2, 0.25) is 5.91 Å². The van der Waals surface area contributed by atoms with Gasteiger partial charge in [0.15, 0.2) is 5.60 Å². The zero-order chi connectivity index (χ0) is 22.6. The van der Waals surface area contributed by atoms with Crippen LogP contribution >= 0.6 is 0 Å². The van der Waals surface area contributed by atoms with E-state index in [0.29, 0.717) is 31.7 Å². The molecule has 33 heavy (non-hydrogen) atoms. The van der Waals surface area contributed by atoms with Gasteiger partial charge in [-0.25, -0.2) is 4.79 Å². The lowest BCUT2D eigenvalue weighted by atomic mass is 9.91. The third-order valence-corrected chi connectivity index (χ3v) is 7.07. The fourth-order valence-corrected chi connectivity index (χ4v) is 5.17. The number of carbonyl (C=O) groups is 2. The normalized spacial score (nSPS) is 22.3. The minimum Gasteiger partial charge on any atom is -0.487 e. The van der Waals surface area contributed by atoms with Crippen LogP contribution in [0.25, 0.3) is 0 Å². The van der Waals surface area contributed by atoms with Crippen LogP contribution in [0.1, 0.15) is 52.2 Å². The van der Waals surface area contributed by atoms with Gasteiger partial charge in [-0.05, 0) is 43.5 Å². The van der Waals surface area contributed by atoms with E-state index in [9.17, 15) is 9.59 Å². The first-order valence-electron chi connectivity index (χ1n) is 11.3. The highest BCUT2D eigenvalue weighted by molar-refractivity contribution is 5.96. The number of hydrogen-bond acceptors (Lipinski definition) is 6. The molecule has 0 bridgehead atoms. The number of esters is 1. The summed E-state index contributed by atoms with van der Waals surface area (Å²) < 4.78 is 16.7. The largest absolute Gasteiger partial charge is 0.487 e. The highest BCUT2D eigenvalue weighted by Crippen LogP contribution is 2.52. The summed E-state index contributed by atoms with van der Waals surface area (Å²) in [7, 11) is 0. The van der Waals surface area contributed by atoms with Crippen molar-refractivity contribution in [1.82, 2.24) is 10.1 Å². The smallest absolute Gasteiger partial charge is 0.339 e. The highest BCUT2D eigenvalue weighted by atomic mass is 16.6. The lowest BCUT2D eigenvalue weighted by molar-refractivity contribution is -0.134. The SMILES string of the molecule is Cc1cc(COc2ccc(C3(C(=O)N4CC[C@@]5(C4)OC(=O)c4ccccc45)CC3)cc2)no1. The summed E-state index contributed by atoms with van der Waals surface area (Å²) in [6.07, 6.45) is 2.28. The Bertz CT molecular complexity index is 1240. The van der Waals surface area contributed by atoms with Crippen LogP contribution in [-0.4, -0.2) is 35.0 Å². The number of hydrogen-bond donors (Lipinski definition) is 0. The van der Waals surface area contributed by atoms with Crippen molar-refractivity contribution < 1.29 is 23.6 Å². The van der Waals surface area contributed by atoms with Crippen molar-refractivity contribution in [2.45, 2.75) is 43.8 Å². The molecular weight excluding hydrogens is 420 g/mol. The minimum atomic E-state index is -0.712. The maximum absolute atomic E-state index is 13.6. The molecule has 1 aromatic heterocycles. The van der Waals surface area contributed by atoms with Crippen LogP contribution in [0.15, 0.2) is 59.1 Å². The van der Waals surface area contributed by atoms with Crippen molar-refractivity contribution in [3.05, 3.63) is 82.7 Å². The number of nitrogens with zero attached hydrogens (tertiary/aromatic N) is 2. The molecule has 1 atom stereocenters. The van der Waals surface area contributed by atoms with E-state index in [1.54, 1.807) is 6.07 Å². The molecule has 7 nitrogen and oxygen atoms in total. The van der Waals surface area contributed by atoms with E-state index in [4.69, 9.17) is 14.0 Å². The monoisotopic (exact) mass is 444 g/mol. The standard InChI is InChI=1S/C26H24N2O5/c1-17-14-19(27-33-17)15-31-20-8-6-18(7-9-20)25(10-11-25)24(30)28-13-12-26(16-28)22-5-3-2-4-21(22)23(29)32-26/h2-9,14H,10-13,15-16H2,1H3/t26-/m0/s1. The zero-order valence-electron chi connectivity index (χ0n) is 18.4. The van der Waals surface area contributed by atoms with Crippen LogP contribution in [0.2, 0.25) is 0 Å². The molecule has 3 aliphatic rings.